The van der Waals surface area contributed by atoms with Gasteiger partial charge in [0.05, 0.1) is 22.7 Å². The van der Waals surface area contributed by atoms with Crippen LogP contribution < -0.4 is 10.1 Å². The van der Waals surface area contributed by atoms with Crippen molar-refractivity contribution in [1.82, 2.24) is 15.2 Å². The Hall–Kier alpha value is -2.92. The lowest BCUT2D eigenvalue weighted by molar-refractivity contribution is -0.0389. The van der Waals surface area contributed by atoms with Crippen LogP contribution in [0.5, 0.6) is 5.75 Å². The topological polar surface area (TPSA) is 121 Å². The molecule has 0 aliphatic carbocycles. The smallest absolute Gasteiger partial charge is 0.256 e. The van der Waals surface area contributed by atoms with Crippen LogP contribution in [0.25, 0.3) is 10.9 Å². The van der Waals surface area contributed by atoms with E-state index in [1.807, 2.05) is 29.2 Å². The number of amides is 1. The number of hydrogen-bond donors (Lipinski definition) is 3. The van der Waals surface area contributed by atoms with Gasteiger partial charge in [0.2, 0.25) is 0 Å². The van der Waals surface area contributed by atoms with Gasteiger partial charge in [-0.15, -0.1) is 0 Å². The van der Waals surface area contributed by atoms with Gasteiger partial charge in [-0.3, -0.25) is 4.79 Å². The van der Waals surface area contributed by atoms with E-state index in [4.69, 9.17) is 9.47 Å². The molecule has 3 N–H and O–H groups in total. The molecule has 0 radical (unpaired) electrons. The van der Waals surface area contributed by atoms with Crippen LogP contribution in [0.3, 0.4) is 0 Å². The fourth-order valence-electron chi connectivity index (χ4n) is 5.21. The number of nitrogens with zero attached hydrogens (tertiary/aromatic N) is 1. The van der Waals surface area contributed by atoms with E-state index in [0.29, 0.717) is 37.6 Å². The molecule has 1 aromatic heterocycles. The third-order valence-electron chi connectivity index (χ3n) is 7.31. The fraction of sp³-hybridized carbons (Fsp3) is 0.444. The Bertz CT molecular complexity index is 1360. The van der Waals surface area contributed by atoms with Crippen molar-refractivity contribution in [2.75, 3.05) is 39.1 Å². The maximum absolute atomic E-state index is 13.1. The number of nitrogens with one attached hydrogen (secondary N) is 2. The lowest BCUT2D eigenvalue weighted by Crippen LogP contribution is -2.47. The van der Waals surface area contributed by atoms with E-state index in [2.05, 4.69) is 10.3 Å². The first kappa shape index (κ1) is 25.7. The average Bonchev–Trinajstić information content (AvgIpc) is 3.50. The summed E-state index contributed by atoms with van der Waals surface area (Å²) in [5.74, 6) is 0.448. The number of sulfone groups is 1. The molecule has 3 aromatic rings. The van der Waals surface area contributed by atoms with E-state index in [1.165, 1.54) is 12.1 Å². The van der Waals surface area contributed by atoms with Gasteiger partial charge in [-0.05, 0) is 43.5 Å². The molecule has 2 aromatic carbocycles. The minimum Gasteiger partial charge on any atom is -0.491 e. The summed E-state index contributed by atoms with van der Waals surface area (Å²) in [5, 5.41) is 14.7. The molecule has 0 bridgehead atoms. The molecule has 10 heteroatoms. The highest BCUT2D eigenvalue weighted by Gasteiger charge is 2.43. The monoisotopic (exact) mass is 527 g/mol. The molecule has 9 nitrogen and oxygen atoms in total. The molecular weight excluding hydrogens is 494 g/mol. The van der Waals surface area contributed by atoms with Gasteiger partial charge in [0.1, 0.15) is 18.5 Å². The molecule has 2 fully saturated rings. The Morgan fingerprint density at radius 3 is 2.81 bits per heavy atom. The van der Waals surface area contributed by atoms with Gasteiger partial charge >= 0.3 is 0 Å². The van der Waals surface area contributed by atoms with Crippen molar-refractivity contribution in [2.24, 2.45) is 0 Å². The maximum Gasteiger partial charge on any atom is 0.256 e. The Kier molecular flexibility index (Phi) is 7.26. The largest absolute Gasteiger partial charge is 0.491 e. The summed E-state index contributed by atoms with van der Waals surface area (Å²) in [5.41, 5.74) is 1.42. The number of hydrogen-bond acceptors (Lipinski definition) is 7. The number of carbonyl (C=O) groups is 1. The minimum atomic E-state index is -3.32. The van der Waals surface area contributed by atoms with Crippen LogP contribution in [0.2, 0.25) is 0 Å². The molecular formula is C27H33N3O6S. The number of fused-ring (bicyclic) bond motifs is 1. The molecule has 2 saturated heterocycles. The number of para-hydroxylation sites is 1. The molecule has 5 rings (SSSR count). The van der Waals surface area contributed by atoms with E-state index in [-0.39, 0.29) is 29.1 Å². The Labute approximate surface area is 216 Å². The van der Waals surface area contributed by atoms with Crippen molar-refractivity contribution in [2.45, 2.75) is 41.9 Å². The summed E-state index contributed by atoms with van der Waals surface area (Å²) in [6.45, 7) is 2.23. The highest BCUT2D eigenvalue weighted by atomic mass is 32.2. The van der Waals surface area contributed by atoms with Gasteiger partial charge < -0.3 is 29.8 Å². The maximum atomic E-state index is 13.1. The third kappa shape index (κ3) is 5.82. The van der Waals surface area contributed by atoms with E-state index >= 15 is 0 Å². The molecule has 2 aliphatic rings. The first-order chi connectivity index (χ1) is 17.7. The van der Waals surface area contributed by atoms with Crippen molar-refractivity contribution >= 4 is 26.6 Å². The second-order valence-electron chi connectivity index (χ2n) is 10.1. The van der Waals surface area contributed by atoms with Gasteiger partial charge in [0.25, 0.3) is 5.91 Å². The lowest BCUT2D eigenvalue weighted by atomic mass is 9.87. The average molecular weight is 528 g/mol. The van der Waals surface area contributed by atoms with Crippen LogP contribution in [-0.4, -0.2) is 86.2 Å². The number of benzene rings is 2. The molecule has 1 amide bonds. The Morgan fingerprint density at radius 2 is 2.03 bits per heavy atom. The van der Waals surface area contributed by atoms with Gasteiger partial charge in [-0.2, -0.15) is 0 Å². The van der Waals surface area contributed by atoms with Gasteiger partial charge in [-0.1, -0.05) is 24.3 Å². The standard InChI is InChI=1S/C27H33N3O6S/c1-37(33,34)22-6-4-5-21(13-22)35-18-20(31)15-28-19-14-27(36-17-19)9-11-30(12-10-27)26(32)24-16-29-25-8-3-2-7-23(24)25/h2-8,13,16,19-20,28-29,31H,9-12,14-15,17-18H2,1H3/t19?,20-/m0/s1. The van der Waals surface area contributed by atoms with Crippen LogP contribution in [0, 0.1) is 0 Å². The summed E-state index contributed by atoms with van der Waals surface area (Å²) < 4.78 is 35.2. The number of aromatic nitrogens is 1. The van der Waals surface area contributed by atoms with Crippen molar-refractivity contribution in [3.63, 3.8) is 0 Å². The lowest BCUT2D eigenvalue weighted by Gasteiger charge is -2.38. The summed E-state index contributed by atoms with van der Waals surface area (Å²) in [7, 11) is -3.32. The van der Waals surface area contributed by atoms with Gasteiger partial charge in [-0.25, -0.2) is 8.42 Å². The minimum absolute atomic E-state index is 0.0455. The number of likely N-dealkylation sites (tertiary alicyclic amines) is 1. The summed E-state index contributed by atoms with van der Waals surface area (Å²) >= 11 is 0. The molecule has 0 saturated carbocycles. The van der Waals surface area contributed by atoms with Crippen molar-refractivity contribution in [1.29, 1.82) is 0 Å². The predicted octanol–water partition coefficient (Wildman–Crippen LogP) is 2.36. The second-order valence-corrected chi connectivity index (χ2v) is 12.1. The number of carbonyl (C=O) groups excluding carboxylic acids is 1. The van der Waals surface area contributed by atoms with E-state index in [9.17, 15) is 18.3 Å². The SMILES string of the molecule is CS(=O)(=O)c1cccc(OC[C@@H](O)CNC2COC3(CCN(C(=O)c4c[nH]c5ccccc45)CC3)C2)c1. The van der Waals surface area contributed by atoms with E-state index in [1.54, 1.807) is 18.3 Å². The number of aliphatic hydroxyl groups is 1. The molecule has 2 atom stereocenters. The predicted molar refractivity (Wildman–Crippen MR) is 140 cm³/mol. The fourth-order valence-corrected chi connectivity index (χ4v) is 5.86. The van der Waals surface area contributed by atoms with Crippen molar-refractivity contribution < 1.29 is 27.8 Å². The summed E-state index contributed by atoms with van der Waals surface area (Å²) in [6.07, 6.45) is 4.57. The zero-order chi connectivity index (χ0) is 26.0. The molecule has 3 heterocycles. The Morgan fingerprint density at radius 1 is 1.24 bits per heavy atom. The molecule has 2 aliphatic heterocycles. The number of rotatable bonds is 8. The van der Waals surface area contributed by atoms with E-state index < -0.39 is 15.9 Å². The van der Waals surface area contributed by atoms with Crippen molar-refractivity contribution in [3.8, 4) is 5.75 Å². The highest BCUT2D eigenvalue weighted by molar-refractivity contribution is 7.90. The molecule has 198 valence electrons. The number of piperidine rings is 1. The van der Waals surface area contributed by atoms with Crippen LogP contribution in [-0.2, 0) is 14.6 Å². The third-order valence-corrected chi connectivity index (χ3v) is 8.42. The van der Waals surface area contributed by atoms with Crippen LogP contribution in [0.4, 0.5) is 0 Å². The molecule has 1 spiro atoms. The highest BCUT2D eigenvalue weighted by Crippen LogP contribution is 2.36. The first-order valence-corrected chi connectivity index (χ1v) is 14.5. The van der Waals surface area contributed by atoms with Crippen LogP contribution in [0.1, 0.15) is 29.6 Å². The zero-order valence-corrected chi connectivity index (χ0v) is 21.7. The van der Waals surface area contributed by atoms with Gasteiger partial charge in [0.15, 0.2) is 9.84 Å². The van der Waals surface area contributed by atoms with Crippen LogP contribution >= 0.6 is 0 Å². The summed E-state index contributed by atoms with van der Waals surface area (Å²) in [6, 6.07) is 14.2. The number of aliphatic hydroxyl groups excluding tert-OH is 1. The molecule has 37 heavy (non-hydrogen) atoms. The first-order valence-electron chi connectivity index (χ1n) is 12.6. The zero-order valence-electron chi connectivity index (χ0n) is 20.9. The van der Waals surface area contributed by atoms with Crippen LogP contribution in [0.15, 0.2) is 59.6 Å². The summed E-state index contributed by atoms with van der Waals surface area (Å²) in [4.78, 5) is 18.4. The quantitative estimate of drug-likeness (QED) is 0.411. The Balaban J connectivity index is 1.07. The van der Waals surface area contributed by atoms with Crippen molar-refractivity contribution in [3.05, 3.63) is 60.3 Å². The second kappa shape index (κ2) is 10.4. The van der Waals surface area contributed by atoms with E-state index in [0.717, 1.165) is 36.4 Å². The number of H-pyrrole nitrogens is 1. The van der Waals surface area contributed by atoms with Gasteiger partial charge in [0, 0.05) is 49.0 Å². The molecule has 1 unspecified atom stereocenters. The normalized spacial score (nSPS) is 20.4. The number of aromatic amines is 1. The number of ether oxygens (including phenoxy) is 2.